The predicted molar refractivity (Wildman–Crippen MR) is 78.3 cm³/mol. The molecule has 0 spiro atoms. The van der Waals surface area contributed by atoms with Gasteiger partial charge in [-0.1, -0.05) is 13.8 Å². The number of hydrogen-bond donors (Lipinski definition) is 0. The van der Waals surface area contributed by atoms with Crippen molar-refractivity contribution in [3.05, 3.63) is 44.0 Å². The fraction of sp³-hybridized carbons (Fsp3) is 0.571. The van der Waals surface area contributed by atoms with Gasteiger partial charge in [0.2, 0.25) is 0 Å². The Kier molecular flexibility index (Phi) is 6.74. The van der Waals surface area contributed by atoms with Gasteiger partial charge in [0.15, 0.2) is 0 Å². The van der Waals surface area contributed by atoms with E-state index in [1.165, 1.54) is 12.1 Å². The summed E-state index contributed by atoms with van der Waals surface area (Å²) in [5.74, 6) is 0.584. The van der Waals surface area contributed by atoms with E-state index in [1.807, 2.05) is 0 Å². The summed E-state index contributed by atoms with van der Waals surface area (Å²) < 4.78 is 5.45. The number of nitrogens with zero attached hydrogens (tertiary/aromatic N) is 2. The Morgan fingerprint density at radius 3 is 2.43 bits per heavy atom. The topological polar surface area (TPSA) is 95.5 Å². The Balaban J connectivity index is 2.54. The van der Waals surface area contributed by atoms with E-state index < -0.39 is 9.85 Å². The molecule has 0 aliphatic rings. The van der Waals surface area contributed by atoms with Crippen molar-refractivity contribution in [2.75, 3.05) is 13.2 Å². The maximum atomic E-state index is 11.0. The smallest absolute Gasteiger partial charge is 0.279 e. The van der Waals surface area contributed by atoms with Crippen LogP contribution in [0.25, 0.3) is 0 Å². The Bertz CT molecular complexity index is 502. The molecule has 0 saturated carbocycles. The summed E-state index contributed by atoms with van der Waals surface area (Å²) in [4.78, 5) is 20.4. The molecule has 0 heterocycles. The molecule has 0 aromatic heterocycles. The highest BCUT2D eigenvalue weighted by Gasteiger charge is 2.18. The van der Waals surface area contributed by atoms with Crippen molar-refractivity contribution in [3.63, 3.8) is 0 Å². The van der Waals surface area contributed by atoms with Crippen molar-refractivity contribution >= 4 is 11.4 Å². The van der Waals surface area contributed by atoms with Gasteiger partial charge in [0.05, 0.1) is 15.9 Å². The molecule has 21 heavy (non-hydrogen) atoms. The minimum Gasteiger partial charge on any atom is -0.381 e. The van der Waals surface area contributed by atoms with Crippen LogP contribution < -0.4 is 0 Å². The van der Waals surface area contributed by atoms with Crippen LogP contribution in [-0.4, -0.2) is 23.1 Å². The molecule has 1 aromatic rings. The first-order valence-corrected chi connectivity index (χ1v) is 6.91. The number of nitro benzene ring substituents is 2. The third-order valence-electron chi connectivity index (χ3n) is 3.05. The molecule has 1 rings (SSSR count). The molecule has 0 aliphatic carbocycles. The first-order valence-electron chi connectivity index (χ1n) is 6.91. The first kappa shape index (κ1) is 17.0. The molecule has 116 valence electrons. The summed E-state index contributed by atoms with van der Waals surface area (Å²) >= 11 is 0. The lowest BCUT2D eigenvalue weighted by atomic mass is 10.1. The summed E-state index contributed by atoms with van der Waals surface area (Å²) in [5, 5.41) is 21.6. The maximum Gasteiger partial charge on any atom is 0.279 e. The van der Waals surface area contributed by atoms with Gasteiger partial charge in [0.25, 0.3) is 11.4 Å². The summed E-state index contributed by atoms with van der Waals surface area (Å²) in [6.45, 7) is 5.44. The minimum atomic E-state index is -0.633. The SMILES string of the molecule is CC(C)CCOCCCc1ccc([N+](=O)[O-])cc1[N+](=O)[O-]. The van der Waals surface area contributed by atoms with Crippen LogP contribution >= 0.6 is 0 Å². The summed E-state index contributed by atoms with van der Waals surface area (Å²) in [5.41, 5.74) is 0.0306. The van der Waals surface area contributed by atoms with Gasteiger partial charge in [-0.3, -0.25) is 20.2 Å². The molecule has 0 fully saturated rings. The van der Waals surface area contributed by atoms with Gasteiger partial charge in [-0.05, 0) is 31.2 Å². The zero-order valence-corrected chi connectivity index (χ0v) is 12.3. The Morgan fingerprint density at radius 2 is 1.86 bits per heavy atom. The van der Waals surface area contributed by atoms with E-state index in [1.54, 1.807) is 0 Å². The van der Waals surface area contributed by atoms with Gasteiger partial charge in [-0.15, -0.1) is 0 Å². The maximum absolute atomic E-state index is 11.0. The molecule has 7 heteroatoms. The quantitative estimate of drug-likeness (QED) is 0.395. The van der Waals surface area contributed by atoms with E-state index in [9.17, 15) is 20.2 Å². The van der Waals surface area contributed by atoms with Crippen molar-refractivity contribution in [3.8, 4) is 0 Å². The second-order valence-corrected chi connectivity index (χ2v) is 5.23. The van der Waals surface area contributed by atoms with Crippen molar-refractivity contribution in [1.29, 1.82) is 0 Å². The molecule has 0 unspecified atom stereocenters. The van der Waals surface area contributed by atoms with Gasteiger partial charge in [0.1, 0.15) is 0 Å². The third-order valence-corrected chi connectivity index (χ3v) is 3.05. The fourth-order valence-corrected chi connectivity index (χ4v) is 1.83. The van der Waals surface area contributed by atoms with Crippen LogP contribution in [-0.2, 0) is 11.2 Å². The van der Waals surface area contributed by atoms with Crippen LogP contribution in [0.2, 0.25) is 0 Å². The van der Waals surface area contributed by atoms with Crippen LogP contribution in [0.15, 0.2) is 18.2 Å². The van der Waals surface area contributed by atoms with E-state index >= 15 is 0 Å². The molecule has 0 bridgehead atoms. The molecule has 0 N–H and O–H groups in total. The molecule has 0 atom stereocenters. The van der Waals surface area contributed by atoms with Crippen LogP contribution in [0.4, 0.5) is 11.4 Å². The first-order chi connectivity index (χ1) is 9.91. The zero-order chi connectivity index (χ0) is 15.8. The molecule has 0 radical (unpaired) electrons. The third kappa shape index (κ3) is 5.86. The molecular weight excluding hydrogens is 276 g/mol. The van der Waals surface area contributed by atoms with Crippen molar-refractivity contribution in [2.24, 2.45) is 5.92 Å². The van der Waals surface area contributed by atoms with Crippen molar-refractivity contribution in [1.82, 2.24) is 0 Å². The normalized spacial score (nSPS) is 10.8. The van der Waals surface area contributed by atoms with Crippen LogP contribution in [0, 0.1) is 26.1 Å². The zero-order valence-electron chi connectivity index (χ0n) is 12.3. The van der Waals surface area contributed by atoms with E-state index in [2.05, 4.69) is 13.8 Å². The molecule has 0 saturated heterocycles. The van der Waals surface area contributed by atoms with E-state index in [4.69, 9.17) is 4.74 Å². The largest absolute Gasteiger partial charge is 0.381 e. The summed E-state index contributed by atoms with van der Waals surface area (Å²) in [6, 6.07) is 3.75. The van der Waals surface area contributed by atoms with Gasteiger partial charge in [-0.2, -0.15) is 0 Å². The highest BCUT2D eigenvalue weighted by Crippen LogP contribution is 2.25. The standard InChI is InChI=1S/C14H20N2O5/c1-11(2)7-9-21-8-3-4-12-5-6-13(15(17)18)10-14(12)16(19)20/h5-6,10-11H,3-4,7-9H2,1-2H3. The van der Waals surface area contributed by atoms with E-state index in [0.717, 1.165) is 12.5 Å². The van der Waals surface area contributed by atoms with Gasteiger partial charge >= 0.3 is 0 Å². The highest BCUT2D eigenvalue weighted by molar-refractivity contribution is 5.49. The summed E-state index contributed by atoms with van der Waals surface area (Å²) in [7, 11) is 0. The number of non-ortho nitro benzene ring substituents is 1. The molecule has 7 nitrogen and oxygen atoms in total. The number of ether oxygens (including phenoxy) is 1. The molecule has 0 aliphatic heterocycles. The average molecular weight is 296 g/mol. The van der Waals surface area contributed by atoms with Gasteiger partial charge in [-0.25, -0.2) is 0 Å². The Morgan fingerprint density at radius 1 is 1.14 bits per heavy atom. The van der Waals surface area contributed by atoms with Crippen LogP contribution in [0.3, 0.4) is 0 Å². The number of benzene rings is 1. The van der Waals surface area contributed by atoms with E-state index in [0.29, 0.717) is 37.5 Å². The summed E-state index contributed by atoms with van der Waals surface area (Å²) in [6.07, 6.45) is 2.10. The van der Waals surface area contributed by atoms with Crippen LogP contribution in [0.5, 0.6) is 0 Å². The highest BCUT2D eigenvalue weighted by atomic mass is 16.6. The average Bonchev–Trinajstić information content (AvgIpc) is 2.42. The predicted octanol–water partition coefficient (Wildman–Crippen LogP) is 3.50. The second kappa shape index (κ2) is 8.31. The number of nitro groups is 2. The molecule has 0 amide bonds. The number of hydrogen-bond acceptors (Lipinski definition) is 5. The molecular formula is C14H20N2O5. The lowest BCUT2D eigenvalue weighted by Gasteiger charge is -2.06. The number of aryl methyl sites for hydroxylation is 1. The second-order valence-electron chi connectivity index (χ2n) is 5.23. The monoisotopic (exact) mass is 296 g/mol. The molecule has 1 aromatic carbocycles. The number of rotatable bonds is 9. The lowest BCUT2D eigenvalue weighted by Crippen LogP contribution is -2.03. The lowest BCUT2D eigenvalue weighted by molar-refractivity contribution is -0.394. The minimum absolute atomic E-state index is 0.202. The fourth-order valence-electron chi connectivity index (χ4n) is 1.83. The van der Waals surface area contributed by atoms with Gasteiger partial charge < -0.3 is 4.74 Å². The van der Waals surface area contributed by atoms with Gasteiger partial charge in [0, 0.05) is 24.8 Å². The van der Waals surface area contributed by atoms with Crippen molar-refractivity contribution in [2.45, 2.75) is 33.1 Å². The van der Waals surface area contributed by atoms with E-state index in [-0.39, 0.29) is 11.4 Å². The Labute approximate surface area is 123 Å². The Hall–Kier alpha value is -2.02. The van der Waals surface area contributed by atoms with Crippen LogP contribution in [0.1, 0.15) is 32.3 Å². The van der Waals surface area contributed by atoms with Crippen molar-refractivity contribution < 1.29 is 14.6 Å².